The minimum Gasteiger partial charge on any atom is -0.497 e. The molecule has 4 heteroatoms. The van der Waals surface area contributed by atoms with Gasteiger partial charge >= 0.3 is 5.97 Å². The van der Waals surface area contributed by atoms with Crippen LogP contribution in [0.3, 0.4) is 0 Å². The molecule has 74 valence electrons. The van der Waals surface area contributed by atoms with Gasteiger partial charge in [-0.2, -0.15) is 0 Å². The van der Waals surface area contributed by atoms with Gasteiger partial charge in [0.25, 0.3) is 0 Å². The van der Waals surface area contributed by atoms with Crippen LogP contribution in [-0.4, -0.2) is 19.4 Å². The van der Waals surface area contributed by atoms with Crippen LogP contribution in [0.4, 0.5) is 0 Å². The van der Waals surface area contributed by atoms with Gasteiger partial charge in [-0.1, -0.05) is 0 Å². The number of hydrogen-bond donors (Lipinski definition) is 0. The minimum atomic E-state index is -0.565. The van der Waals surface area contributed by atoms with E-state index in [0.29, 0.717) is 17.8 Å². The van der Waals surface area contributed by atoms with Crippen molar-refractivity contribution < 1.29 is 19.1 Å². The topological polar surface area (TPSA) is 52.6 Å². The Balaban J connectivity index is 2.59. The third-order valence-electron chi connectivity index (χ3n) is 1.54. The molecule has 1 rings (SSSR count). The number of methoxy groups -OCH3 is 1. The highest BCUT2D eigenvalue weighted by Gasteiger charge is 2.03. The first-order valence-corrected chi connectivity index (χ1v) is 4.04. The normalized spacial score (nSPS) is 9.21. The van der Waals surface area contributed by atoms with Crippen molar-refractivity contribution in [1.29, 1.82) is 0 Å². The lowest BCUT2D eigenvalue weighted by Crippen LogP contribution is -2.07. The Bertz CT molecular complexity index is 315. The fourth-order valence-corrected chi connectivity index (χ4v) is 0.885. The van der Waals surface area contributed by atoms with Crippen molar-refractivity contribution in [2.45, 2.75) is 6.42 Å². The summed E-state index contributed by atoms with van der Waals surface area (Å²) in [7, 11) is 1.55. The predicted molar refractivity (Wildman–Crippen MR) is 49.3 cm³/mol. The second-order valence-electron chi connectivity index (χ2n) is 2.52. The summed E-state index contributed by atoms with van der Waals surface area (Å²) in [5, 5.41) is 0. The van der Waals surface area contributed by atoms with E-state index in [-0.39, 0.29) is 6.42 Å². The van der Waals surface area contributed by atoms with Gasteiger partial charge in [-0.25, -0.2) is 0 Å². The summed E-state index contributed by atoms with van der Waals surface area (Å²) in [4.78, 5) is 20.9. The standard InChI is InChI=1S/C10H10O4/c1-13-8-2-4-9(5-3-8)14-10(12)6-7-11/h2-5,7H,6H2,1H3. The van der Waals surface area contributed by atoms with Crippen molar-refractivity contribution in [2.75, 3.05) is 7.11 Å². The zero-order valence-corrected chi connectivity index (χ0v) is 7.73. The zero-order chi connectivity index (χ0) is 10.4. The Morgan fingerprint density at radius 2 is 1.86 bits per heavy atom. The zero-order valence-electron chi connectivity index (χ0n) is 7.73. The van der Waals surface area contributed by atoms with Crippen LogP contribution in [0.5, 0.6) is 11.5 Å². The number of ether oxygens (including phenoxy) is 2. The molecular weight excluding hydrogens is 184 g/mol. The molecule has 0 fully saturated rings. The average molecular weight is 194 g/mol. The van der Waals surface area contributed by atoms with Crippen LogP contribution in [0.1, 0.15) is 6.42 Å². The van der Waals surface area contributed by atoms with Crippen LogP contribution in [0, 0.1) is 0 Å². The lowest BCUT2D eigenvalue weighted by molar-refractivity contribution is -0.135. The van der Waals surface area contributed by atoms with Crippen molar-refractivity contribution in [2.24, 2.45) is 0 Å². The van der Waals surface area contributed by atoms with E-state index in [9.17, 15) is 9.59 Å². The molecule has 4 nitrogen and oxygen atoms in total. The molecule has 0 aromatic heterocycles. The van der Waals surface area contributed by atoms with Gasteiger partial charge in [0.15, 0.2) is 0 Å². The minimum absolute atomic E-state index is 0.230. The highest BCUT2D eigenvalue weighted by molar-refractivity contribution is 5.85. The predicted octanol–water partition coefficient (Wildman–Crippen LogP) is 1.19. The molecule has 0 radical (unpaired) electrons. The number of esters is 1. The number of aldehydes is 1. The molecule has 0 aliphatic rings. The molecule has 0 unspecified atom stereocenters. The van der Waals surface area contributed by atoms with Crippen molar-refractivity contribution >= 4 is 12.3 Å². The molecule has 0 saturated heterocycles. The molecule has 1 aromatic carbocycles. The van der Waals surface area contributed by atoms with Crippen LogP contribution in [0.25, 0.3) is 0 Å². The number of hydrogen-bond acceptors (Lipinski definition) is 4. The molecule has 14 heavy (non-hydrogen) atoms. The van der Waals surface area contributed by atoms with Gasteiger partial charge in [0.05, 0.1) is 7.11 Å². The summed E-state index contributed by atoms with van der Waals surface area (Å²) >= 11 is 0. The lowest BCUT2D eigenvalue weighted by atomic mass is 10.3. The van der Waals surface area contributed by atoms with E-state index >= 15 is 0 Å². The Hall–Kier alpha value is -1.84. The van der Waals surface area contributed by atoms with Crippen LogP contribution < -0.4 is 9.47 Å². The molecule has 0 saturated carbocycles. The van der Waals surface area contributed by atoms with E-state index in [2.05, 4.69) is 0 Å². The fourth-order valence-electron chi connectivity index (χ4n) is 0.885. The van der Waals surface area contributed by atoms with Crippen LogP contribution in [0.2, 0.25) is 0 Å². The van der Waals surface area contributed by atoms with Gasteiger partial charge in [-0.3, -0.25) is 4.79 Å². The summed E-state index contributed by atoms with van der Waals surface area (Å²) in [6.07, 6.45) is 0.276. The van der Waals surface area contributed by atoms with E-state index in [1.165, 1.54) is 0 Å². The third kappa shape index (κ3) is 2.90. The Morgan fingerprint density at radius 3 is 2.36 bits per heavy atom. The summed E-state index contributed by atoms with van der Waals surface area (Å²) in [5.74, 6) is 0.517. The monoisotopic (exact) mass is 194 g/mol. The summed E-state index contributed by atoms with van der Waals surface area (Å²) in [6, 6.07) is 6.54. The molecule has 0 aliphatic heterocycles. The lowest BCUT2D eigenvalue weighted by Gasteiger charge is -2.03. The third-order valence-corrected chi connectivity index (χ3v) is 1.54. The smallest absolute Gasteiger partial charge is 0.318 e. The second-order valence-corrected chi connectivity index (χ2v) is 2.52. The Morgan fingerprint density at radius 1 is 1.29 bits per heavy atom. The quantitative estimate of drug-likeness (QED) is 0.312. The fraction of sp³-hybridized carbons (Fsp3) is 0.200. The number of rotatable bonds is 4. The number of carbonyl (C=O) groups excluding carboxylic acids is 2. The van der Waals surface area contributed by atoms with Crippen molar-refractivity contribution in [3.63, 3.8) is 0 Å². The van der Waals surface area contributed by atoms with Gasteiger partial charge in [-0.15, -0.1) is 0 Å². The van der Waals surface area contributed by atoms with E-state index in [0.717, 1.165) is 0 Å². The van der Waals surface area contributed by atoms with Gasteiger partial charge < -0.3 is 14.3 Å². The largest absolute Gasteiger partial charge is 0.497 e. The first-order chi connectivity index (χ1) is 6.76. The van der Waals surface area contributed by atoms with Crippen molar-refractivity contribution in [3.8, 4) is 11.5 Å². The SMILES string of the molecule is COc1ccc(OC(=O)CC=O)cc1. The summed E-state index contributed by atoms with van der Waals surface area (Å²) in [6.45, 7) is 0. The molecule has 0 aliphatic carbocycles. The summed E-state index contributed by atoms with van der Waals surface area (Å²) < 4.78 is 9.75. The molecule has 0 N–H and O–H groups in total. The molecular formula is C10H10O4. The first kappa shape index (κ1) is 10.2. The number of carbonyl (C=O) groups is 2. The van der Waals surface area contributed by atoms with Crippen LogP contribution >= 0.6 is 0 Å². The van der Waals surface area contributed by atoms with Gasteiger partial charge in [0.1, 0.15) is 24.2 Å². The van der Waals surface area contributed by atoms with Crippen LogP contribution in [-0.2, 0) is 9.59 Å². The Labute approximate surface area is 81.4 Å². The van der Waals surface area contributed by atoms with Gasteiger partial charge in [0.2, 0.25) is 0 Å². The molecule has 0 bridgehead atoms. The molecule has 0 spiro atoms. The molecule has 0 atom stereocenters. The van der Waals surface area contributed by atoms with Gasteiger partial charge in [0, 0.05) is 0 Å². The maximum Gasteiger partial charge on any atom is 0.318 e. The second kappa shape index (κ2) is 5.01. The molecule has 0 amide bonds. The average Bonchev–Trinajstić information content (AvgIpc) is 2.19. The van der Waals surface area contributed by atoms with Crippen molar-refractivity contribution in [1.82, 2.24) is 0 Å². The maximum atomic E-state index is 10.9. The summed E-state index contributed by atoms with van der Waals surface area (Å²) in [5.41, 5.74) is 0. The number of benzene rings is 1. The highest BCUT2D eigenvalue weighted by Crippen LogP contribution is 2.17. The van der Waals surface area contributed by atoms with E-state index < -0.39 is 5.97 Å². The van der Waals surface area contributed by atoms with E-state index in [4.69, 9.17) is 9.47 Å². The van der Waals surface area contributed by atoms with Gasteiger partial charge in [-0.05, 0) is 24.3 Å². The van der Waals surface area contributed by atoms with Crippen LogP contribution in [0.15, 0.2) is 24.3 Å². The van der Waals surface area contributed by atoms with Crippen molar-refractivity contribution in [3.05, 3.63) is 24.3 Å². The van der Waals surface area contributed by atoms with E-state index in [1.54, 1.807) is 31.4 Å². The molecule has 0 heterocycles. The maximum absolute atomic E-state index is 10.9. The Kier molecular flexibility index (Phi) is 3.67. The molecule has 1 aromatic rings. The first-order valence-electron chi connectivity index (χ1n) is 4.04. The highest BCUT2D eigenvalue weighted by atomic mass is 16.5. The van der Waals surface area contributed by atoms with E-state index in [1.807, 2.05) is 0 Å².